The number of nitrogens with two attached hydrogens (primary N) is 1. The maximum atomic E-state index is 12.6. The molecule has 0 bridgehead atoms. The van der Waals surface area contributed by atoms with E-state index >= 15 is 0 Å². The topological polar surface area (TPSA) is 77.2 Å². The van der Waals surface area contributed by atoms with Crippen molar-refractivity contribution in [3.8, 4) is 0 Å². The Morgan fingerprint density at radius 1 is 1.05 bits per heavy atom. The first kappa shape index (κ1) is 15.0. The number of hydrogen-bond donors (Lipinski definition) is 1. The predicted molar refractivity (Wildman–Crippen MR) is 75.5 cm³/mol. The molecule has 0 aromatic rings. The van der Waals surface area contributed by atoms with E-state index in [4.69, 9.17) is 5.73 Å². The molecule has 5 heteroatoms. The lowest BCUT2D eigenvalue weighted by Gasteiger charge is -2.33. The van der Waals surface area contributed by atoms with Crippen LogP contribution in [-0.2, 0) is 14.6 Å². The Kier molecular flexibility index (Phi) is 4.66. The molecule has 0 spiro atoms. The van der Waals surface area contributed by atoms with Gasteiger partial charge < -0.3 is 5.73 Å². The van der Waals surface area contributed by atoms with E-state index in [-0.39, 0.29) is 28.9 Å². The van der Waals surface area contributed by atoms with Gasteiger partial charge in [-0.15, -0.1) is 0 Å². The summed E-state index contributed by atoms with van der Waals surface area (Å²) >= 11 is 0. The first-order valence-corrected chi connectivity index (χ1v) is 9.33. The lowest BCUT2D eigenvalue weighted by Crippen LogP contribution is -2.42. The summed E-state index contributed by atoms with van der Waals surface area (Å²) in [4.78, 5) is 12.6. The first-order chi connectivity index (χ1) is 8.89. The molecule has 0 aromatic carbocycles. The van der Waals surface area contributed by atoms with E-state index in [1.807, 2.05) is 0 Å². The molecule has 4 atom stereocenters. The first-order valence-electron chi connectivity index (χ1n) is 7.37. The third kappa shape index (κ3) is 3.57. The molecule has 0 aliphatic heterocycles. The molecule has 2 fully saturated rings. The van der Waals surface area contributed by atoms with Gasteiger partial charge in [0.15, 0.2) is 0 Å². The number of rotatable bonds is 3. The van der Waals surface area contributed by atoms with Gasteiger partial charge in [-0.3, -0.25) is 4.79 Å². The number of Topliss-reactive ketones (excluding diaryl/α,β-unsaturated/α-hetero) is 1. The van der Waals surface area contributed by atoms with Crippen molar-refractivity contribution in [3.63, 3.8) is 0 Å². The molecule has 0 amide bonds. The van der Waals surface area contributed by atoms with Crippen LogP contribution in [0.25, 0.3) is 0 Å². The average Bonchev–Trinajstić information content (AvgIpc) is 2.38. The third-order valence-corrected chi connectivity index (χ3v) is 6.46. The Morgan fingerprint density at radius 3 is 2.37 bits per heavy atom. The Balaban J connectivity index is 2.02. The van der Waals surface area contributed by atoms with Gasteiger partial charge >= 0.3 is 0 Å². The van der Waals surface area contributed by atoms with E-state index in [2.05, 4.69) is 0 Å². The maximum absolute atomic E-state index is 12.6. The molecule has 2 N–H and O–H groups in total. The smallest absolute Gasteiger partial charge is 0.150 e. The summed E-state index contributed by atoms with van der Waals surface area (Å²) in [6, 6.07) is -0.0140. The van der Waals surface area contributed by atoms with E-state index in [9.17, 15) is 13.2 Å². The van der Waals surface area contributed by atoms with Crippen molar-refractivity contribution in [1.82, 2.24) is 0 Å². The van der Waals surface area contributed by atoms with E-state index in [0.29, 0.717) is 12.8 Å². The van der Waals surface area contributed by atoms with E-state index in [0.717, 1.165) is 38.5 Å². The molecule has 0 heterocycles. The van der Waals surface area contributed by atoms with Crippen LogP contribution in [0.5, 0.6) is 0 Å². The van der Waals surface area contributed by atoms with Gasteiger partial charge in [-0.25, -0.2) is 8.42 Å². The third-order valence-electron chi connectivity index (χ3n) is 4.82. The zero-order valence-corrected chi connectivity index (χ0v) is 12.5. The molecule has 0 aromatic heterocycles. The Bertz CT molecular complexity index is 432. The molecule has 2 aliphatic carbocycles. The van der Waals surface area contributed by atoms with Crippen molar-refractivity contribution in [1.29, 1.82) is 0 Å². The second-order valence-corrected chi connectivity index (χ2v) is 8.60. The van der Waals surface area contributed by atoms with Gasteiger partial charge in [-0.2, -0.15) is 0 Å². The van der Waals surface area contributed by atoms with Crippen LogP contribution < -0.4 is 5.73 Å². The Morgan fingerprint density at radius 2 is 1.74 bits per heavy atom. The number of sulfone groups is 1. The number of carbonyl (C=O) groups excluding carboxylic acids is 1. The van der Waals surface area contributed by atoms with Crippen LogP contribution in [-0.4, -0.2) is 31.7 Å². The van der Waals surface area contributed by atoms with Crippen molar-refractivity contribution in [2.75, 3.05) is 6.26 Å². The average molecular weight is 287 g/mol. The zero-order chi connectivity index (χ0) is 14.0. The zero-order valence-electron chi connectivity index (χ0n) is 11.7. The predicted octanol–water partition coefficient (Wildman–Crippen LogP) is 1.68. The standard InChI is InChI=1S/C14H25NO3S/c1-19(17,18)11-6-4-5-10(9-11)14(16)12-7-2-3-8-13(12)15/h10-13H,2-9,15H2,1H3. The van der Waals surface area contributed by atoms with Crippen LogP contribution in [0.15, 0.2) is 0 Å². The van der Waals surface area contributed by atoms with Gasteiger partial charge in [0.25, 0.3) is 0 Å². The fraction of sp³-hybridized carbons (Fsp3) is 0.929. The van der Waals surface area contributed by atoms with E-state index in [1.165, 1.54) is 6.26 Å². The highest BCUT2D eigenvalue weighted by Gasteiger charge is 2.37. The summed E-state index contributed by atoms with van der Waals surface area (Å²) < 4.78 is 23.3. The summed E-state index contributed by atoms with van der Waals surface area (Å²) in [5, 5.41) is -0.324. The van der Waals surface area contributed by atoms with Gasteiger partial charge in [0.2, 0.25) is 0 Å². The van der Waals surface area contributed by atoms with Crippen LogP contribution >= 0.6 is 0 Å². The van der Waals surface area contributed by atoms with Gasteiger partial charge in [0, 0.05) is 24.1 Å². The Hall–Kier alpha value is -0.420. The molecule has 2 saturated carbocycles. The van der Waals surface area contributed by atoms with Crippen molar-refractivity contribution in [2.45, 2.75) is 62.7 Å². The fourth-order valence-electron chi connectivity index (χ4n) is 3.61. The van der Waals surface area contributed by atoms with Crippen molar-refractivity contribution in [2.24, 2.45) is 17.6 Å². The van der Waals surface area contributed by atoms with Gasteiger partial charge in [0.1, 0.15) is 15.6 Å². The summed E-state index contributed by atoms with van der Waals surface area (Å²) in [7, 11) is -3.02. The second kappa shape index (κ2) is 5.92. The molecule has 0 saturated heterocycles. The van der Waals surface area contributed by atoms with Crippen molar-refractivity contribution in [3.05, 3.63) is 0 Å². The SMILES string of the molecule is CS(=O)(=O)C1CCCC(C(=O)C2CCCCC2N)C1. The summed E-state index contributed by atoms with van der Waals surface area (Å²) in [5.74, 6) is 0.125. The highest BCUT2D eigenvalue weighted by atomic mass is 32.2. The summed E-state index contributed by atoms with van der Waals surface area (Å²) in [6.45, 7) is 0. The van der Waals surface area contributed by atoms with Gasteiger partial charge in [-0.05, 0) is 32.1 Å². The molecule has 110 valence electrons. The quantitative estimate of drug-likeness (QED) is 0.856. The second-order valence-electron chi connectivity index (χ2n) is 6.27. The number of carbonyl (C=O) groups is 1. The molecule has 4 nitrogen and oxygen atoms in total. The molecule has 19 heavy (non-hydrogen) atoms. The van der Waals surface area contributed by atoms with Crippen LogP contribution in [0.2, 0.25) is 0 Å². The van der Waals surface area contributed by atoms with Crippen molar-refractivity contribution >= 4 is 15.6 Å². The molecule has 2 rings (SSSR count). The largest absolute Gasteiger partial charge is 0.327 e. The summed E-state index contributed by atoms with van der Waals surface area (Å²) in [6.07, 6.45) is 8.20. The minimum atomic E-state index is -3.02. The van der Waals surface area contributed by atoms with Crippen LogP contribution in [0.1, 0.15) is 51.4 Å². The Labute approximate surface area is 116 Å². The van der Waals surface area contributed by atoms with Crippen LogP contribution in [0.3, 0.4) is 0 Å². The van der Waals surface area contributed by atoms with Crippen LogP contribution in [0.4, 0.5) is 0 Å². The summed E-state index contributed by atoms with van der Waals surface area (Å²) in [5.41, 5.74) is 6.07. The molecular formula is C14H25NO3S. The fourth-order valence-corrected chi connectivity index (χ4v) is 4.78. The van der Waals surface area contributed by atoms with Crippen molar-refractivity contribution < 1.29 is 13.2 Å². The highest BCUT2D eigenvalue weighted by Crippen LogP contribution is 2.34. The molecular weight excluding hydrogens is 262 g/mol. The maximum Gasteiger partial charge on any atom is 0.150 e. The lowest BCUT2D eigenvalue weighted by atomic mass is 9.74. The van der Waals surface area contributed by atoms with Gasteiger partial charge in [-0.1, -0.05) is 19.3 Å². The number of ketones is 1. The minimum Gasteiger partial charge on any atom is -0.327 e. The molecule has 2 aliphatic rings. The monoisotopic (exact) mass is 287 g/mol. The highest BCUT2D eigenvalue weighted by molar-refractivity contribution is 7.91. The molecule has 4 unspecified atom stereocenters. The lowest BCUT2D eigenvalue weighted by molar-refractivity contribution is -0.129. The molecule has 0 radical (unpaired) electrons. The van der Waals surface area contributed by atoms with E-state index < -0.39 is 9.84 Å². The van der Waals surface area contributed by atoms with Crippen LogP contribution in [0, 0.1) is 11.8 Å². The van der Waals surface area contributed by atoms with E-state index in [1.54, 1.807) is 0 Å². The normalized spacial score (nSPS) is 36.9. The minimum absolute atomic E-state index is 0.0140. The van der Waals surface area contributed by atoms with Gasteiger partial charge in [0.05, 0.1) is 5.25 Å². The number of hydrogen-bond acceptors (Lipinski definition) is 4.